The van der Waals surface area contributed by atoms with E-state index in [1.54, 1.807) is 17.0 Å². The molecule has 0 unspecified atom stereocenters. The summed E-state index contributed by atoms with van der Waals surface area (Å²) in [7, 11) is -3.14. The fourth-order valence-corrected chi connectivity index (χ4v) is 7.13. The third kappa shape index (κ3) is 5.07. The molecule has 1 amide bonds. The lowest BCUT2D eigenvalue weighted by Crippen LogP contribution is -2.37. The van der Waals surface area contributed by atoms with Gasteiger partial charge in [-0.25, -0.2) is 12.8 Å². The lowest BCUT2D eigenvalue weighted by atomic mass is 10.1. The minimum Gasteiger partial charge on any atom is -0.481 e. The highest BCUT2D eigenvalue weighted by Gasteiger charge is 2.48. The summed E-state index contributed by atoms with van der Waals surface area (Å²) in [6.45, 7) is 0.325. The zero-order chi connectivity index (χ0) is 19.6. The van der Waals surface area contributed by atoms with Gasteiger partial charge < -0.3 is 10.0 Å². The van der Waals surface area contributed by atoms with Gasteiger partial charge in [0.1, 0.15) is 5.82 Å². The second-order valence-corrected chi connectivity index (χ2v) is 9.95. The van der Waals surface area contributed by atoms with Gasteiger partial charge in [-0.05, 0) is 24.1 Å². The number of rotatable bonds is 6. The van der Waals surface area contributed by atoms with Crippen molar-refractivity contribution in [1.29, 1.82) is 0 Å². The van der Waals surface area contributed by atoms with Gasteiger partial charge in [0, 0.05) is 24.6 Å². The largest absolute Gasteiger partial charge is 0.481 e. The van der Waals surface area contributed by atoms with E-state index in [-0.39, 0.29) is 47.9 Å². The molecule has 1 N–H and O–H groups in total. The van der Waals surface area contributed by atoms with Crippen molar-refractivity contribution in [2.45, 2.75) is 37.1 Å². The molecule has 2 aliphatic rings. The Hall–Kier alpha value is -1.94. The number of sulfone groups is 1. The van der Waals surface area contributed by atoms with Crippen LogP contribution in [0.2, 0.25) is 0 Å². The van der Waals surface area contributed by atoms with Gasteiger partial charge in [0.05, 0.1) is 17.5 Å². The number of fused-ring (bicyclic) bond motifs is 1. The minimum atomic E-state index is -3.14. The number of benzene rings is 1. The average molecular weight is 414 g/mol. The van der Waals surface area contributed by atoms with Gasteiger partial charge in [0.2, 0.25) is 5.91 Å². The van der Waals surface area contributed by atoms with E-state index in [0.29, 0.717) is 11.7 Å². The molecule has 0 radical (unpaired) electrons. The van der Waals surface area contributed by atoms with Crippen molar-refractivity contribution in [3.8, 4) is 0 Å². The topological polar surface area (TPSA) is 104 Å². The average Bonchev–Trinajstić information content (AvgIpc) is 3.02. The number of hydrogen-bond donors (Lipinski definition) is 1. The highest BCUT2D eigenvalue weighted by Crippen LogP contribution is 2.39. The second-order valence-electron chi connectivity index (χ2n) is 6.59. The molecule has 146 valence electrons. The summed E-state index contributed by atoms with van der Waals surface area (Å²) in [6, 6.07) is 5.60. The van der Waals surface area contributed by atoms with E-state index in [4.69, 9.17) is 5.11 Å². The van der Waals surface area contributed by atoms with Gasteiger partial charge in [-0.15, -0.1) is 0 Å². The van der Waals surface area contributed by atoms with Crippen molar-refractivity contribution in [1.82, 2.24) is 4.90 Å². The summed E-state index contributed by atoms with van der Waals surface area (Å²) in [4.78, 5) is 28.5. The Bertz CT molecular complexity index is 870. The molecule has 3 rings (SSSR count). The Morgan fingerprint density at radius 3 is 2.59 bits per heavy atom. The quantitative estimate of drug-likeness (QED) is 0.755. The fraction of sp³-hybridized carbons (Fsp3) is 0.471. The van der Waals surface area contributed by atoms with Crippen LogP contribution in [0.15, 0.2) is 29.3 Å². The molecule has 1 aromatic rings. The van der Waals surface area contributed by atoms with Gasteiger partial charge in [0.15, 0.2) is 15.0 Å². The predicted molar refractivity (Wildman–Crippen MR) is 99.7 cm³/mol. The van der Waals surface area contributed by atoms with E-state index in [2.05, 4.69) is 4.99 Å². The van der Waals surface area contributed by atoms with Gasteiger partial charge in [0.25, 0.3) is 0 Å². The Balaban J connectivity index is 1.77. The molecule has 0 aliphatic carbocycles. The molecule has 2 aliphatic heterocycles. The number of aliphatic imine (C=N–C) groups is 1. The number of hydrogen-bond acceptors (Lipinski definition) is 5. The van der Waals surface area contributed by atoms with E-state index in [1.165, 1.54) is 23.9 Å². The van der Waals surface area contributed by atoms with Crippen LogP contribution in [0.4, 0.5) is 4.39 Å². The van der Waals surface area contributed by atoms with E-state index >= 15 is 0 Å². The Labute approximate surface area is 160 Å². The van der Waals surface area contributed by atoms with Crippen LogP contribution in [-0.4, -0.2) is 58.3 Å². The number of amides is 1. The summed E-state index contributed by atoms with van der Waals surface area (Å²) in [5.41, 5.74) is 0.785. The predicted octanol–water partition coefficient (Wildman–Crippen LogP) is 1.68. The molecule has 1 aromatic carbocycles. The molecule has 2 atom stereocenters. The summed E-state index contributed by atoms with van der Waals surface area (Å²) in [6.07, 6.45) is 0.121. The van der Waals surface area contributed by atoms with Crippen molar-refractivity contribution < 1.29 is 27.5 Å². The molecule has 2 saturated heterocycles. The third-order valence-electron chi connectivity index (χ3n) is 4.44. The Kier molecular flexibility index (Phi) is 5.85. The van der Waals surface area contributed by atoms with Gasteiger partial charge in [-0.1, -0.05) is 23.9 Å². The number of carbonyl (C=O) groups excluding carboxylic acids is 1. The summed E-state index contributed by atoms with van der Waals surface area (Å²) in [5.74, 6) is -1.72. The minimum absolute atomic E-state index is 0.00190. The SMILES string of the molecule is O=C(O)CCCC(=O)N=C1S[C@H]2CS(=O)(=O)C[C@H]2N1Cc1ccc(F)cc1. The van der Waals surface area contributed by atoms with Crippen LogP contribution in [0.25, 0.3) is 0 Å². The number of carbonyl (C=O) groups is 2. The van der Waals surface area contributed by atoms with Crippen LogP contribution in [-0.2, 0) is 26.0 Å². The molecule has 2 heterocycles. The summed E-state index contributed by atoms with van der Waals surface area (Å²) >= 11 is 1.27. The number of halogens is 1. The number of carboxylic acid groups (broad SMARTS) is 1. The normalized spacial score (nSPS) is 24.9. The van der Waals surface area contributed by atoms with Crippen LogP contribution >= 0.6 is 11.8 Å². The number of amidine groups is 1. The van der Waals surface area contributed by atoms with E-state index in [1.807, 2.05) is 0 Å². The molecule has 0 aromatic heterocycles. The first-order chi connectivity index (χ1) is 12.7. The Morgan fingerprint density at radius 1 is 1.22 bits per heavy atom. The molecule has 27 heavy (non-hydrogen) atoms. The maximum absolute atomic E-state index is 13.1. The zero-order valence-electron chi connectivity index (χ0n) is 14.4. The number of carboxylic acids is 1. The molecule has 0 saturated carbocycles. The van der Waals surface area contributed by atoms with Crippen LogP contribution in [0.1, 0.15) is 24.8 Å². The van der Waals surface area contributed by atoms with Crippen molar-refractivity contribution in [3.05, 3.63) is 35.6 Å². The molecular weight excluding hydrogens is 395 g/mol. The van der Waals surface area contributed by atoms with Gasteiger partial charge >= 0.3 is 5.97 Å². The van der Waals surface area contributed by atoms with Crippen LogP contribution in [0.5, 0.6) is 0 Å². The zero-order valence-corrected chi connectivity index (χ0v) is 16.0. The first kappa shape index (κ1) is 19.8. The number of thioether (sulfide) groups is 1. The van der Waals surface area contributed by atoms with Crippen molar-refractivity contribution in [3.63, 3.8) is 0 Å². The molecule has 0 spiro atoms. The lowest BCUT2D eigenvalue weighted by molar-refractivity contribution is -0.137. The lowest BCUT2D eigenvalue weighted by Gasteiger charge is -2.24. The first-order valence-electron chi connectivity index (χ1n) is 8.45. The Morgan fingerprint density at radius 2 is 1.93 bits per heavy atom. The van der Waals surface area contributed by atoms with Crippen LogP contribution < -0.4 is 0 Å². The van der Waals surface area contributed by atoms with Crippen LogP contribution in [0.3, 0.4) is 0 Å². The van der Waals surface area contributed by atoms with Gasteiger partial charge in [-0.3, -0.25) is 9.59 Å². The first-order valence-corrected chi connectivity index (χ1v) is 11.1. The highest BCUT2D eigenvalue weighted by atomic mass is 32.2. The van der Waals surface area contributed by atoms with Crippen LogP contribution in [0, 0.1) is 5.82 Å². The third-order valence-corrected chi connectivity index (χ3v) is 7.69. The maximum atomic E-state index is 13.1. The van der Waals surface area contributed by atoms with Crippen molar-refractivity contribution >= 4 is 38.6 Å². The highest BCUT2D eigenvalue weighted by molar-refractivity contribution is 8.15. The smallest absolute Gasteiger partial charge is 0.303 e. The number of nitrogens with zero attached hydrogens (tertiary/aromatic N) is 2. The van der Waals surface area contributed by atoms with Crippen molar-refractivity contribution in [2.24, 2.45) is 4.99 Å². The second kappa shape index (κ2) is 7.97. The molecular formula is C17H19FN2O5S2. The van der Waals surface area contributed by atoms with Crippen molar-refractivity contribution in [2.75, 3.05) is 11.5 Å². The van der Waals surface area contributed by atoms with Gasteiger partial charge in [-0.2, -0.15) is 4.99 Å². The monoisotopic (exact) mass is 414 g/mol. The molecule has 0 bridgehead atoms. The number of aliphatic carboxylic acids is 1. The molecule has 10 heteroatoms. The van der Waals surface area contributed by atoms with E-state index in [9.17, 15) is 22.4 Å². The molecule has 7 nitrogen and oxygen atoms in total. The molecule has 2 fully saturated rings. The fourth-order valence-electron chi connectivity index (χ4n) is 3.16. The maximum Gasteiger partial charge on any atom is 0.303 e. The van der Waals surface area contributed by atoms with E-state index < -0.39 is 21.7 Å². The summed E-state index contributed by atoms with van der Waals surface area (Å²) < 4.78 is 37.1. The standard InChI is InChI=1S/C17H19FN2O5S2/c18-12-6-4-11(5-7-12)8-20-13-9-27(24,25)10-14(13)26-17(20)19-15(21)2-1-3-16(22)23/h4-7,13-14H,1-3,8-10H2,(H,22,23)/t13-,14+/m1/s1. The summed E-state index contributed by atoms with van der Waals surface area (Å²) in [5, 5.41) is 8.91. The van der Waals surface area contributed by atoms with E-state index in [0.717, 1.165) is 5.56 Å².